The topological polar surface area (TPSA) is 126 Å². The first-order valence-corrected chi connectivity index (χ1v) is 13.4. The molecule has 5 heterocycles. The zero-order valence-electron chi connectivity index (χ0n) is 22.4. The summed E-state index contributed by atoms with van der Waals surface area (Å²) < 4.78 is 15.3. The van der Waals surface area contributed by atoms with E-state index in [0.29, 0.717) is 46.7 Å². The number of benzene rings is 1. The van der Waals surface area contributed by atoms with E-state index in [1.165, 1.54) is 12.7 Å². The van der Waals surface area contributed by atoms with Crippen molar-refractivity contribution in [3.63, 3.8) is 0 Å². The van der Waals surface area contributed by atoms with Crippen molar-refractivity contribution in [2.75, 3.05) is 18.8 Å². The van der Waals surface area contributed by atoms with Gasteiger partial charge in [-0.2, -0.15) is 5.10 Å². The molecule has 6 rings (SSSR count). The molecule has 0 radical (unpaired) electrons. The zero-order valence-corrected chi connectivity index (χ0v) is 23.2. The van der Waals surface area contributed by atoms with E-state index >= 15 is 0 Å². The Labute approximate surface area is 235 Å². The number of piperidine rings is 1. The van der Waals surface area contributed by atoms with Gasteiger partial charge in [0.25, 0.3) is 0 Å². The fraction of sp³-hybridized carbons (Fsp3) is 0.321. The second kappa shape index (κ2) is 9.98. The van der Waals surface area contributed by atoms with Crippen molar-refractivity contribution >= 4 is 40.2 Å². The van der Waals surface area contributed by atoms with E-state index in [-0.39, 0.29) is 12.0 Å². The summed E-state index contributed by atoms with van der Waals surface area (Å²) in [6, 6.07) is 9.12. The number of pyridine rings is 1. The average molecular weight is 561 g/mol. The SMILES string of the molecule is CC(C)(C)OC(=O)N1CCCC(c2cn(-c3ccc(Oc4ccn5ncnc5c4)c(Cl)c3)c3ncnc(N)c23)C1. The summed E-state index contributed by atoms with van der Waals surface area (Å²) in [5.41, 5.74) is 8.93. The van der Waals surface area contributed by atoms with Crippen LogP contribution in [0.25, 0.3) is 22.4 Å². The second-order valence-corrected chi connectivity index (χ2v) is 11.2. The smallest absolute Gasteiger partial charge is 0.410 e. The van der Waals surface area contributed by atoms with Gasteiger partial charge in [0.05, 0.1) is 10.4 Å². The minimum Gasteiger partial charge on any atom is -0.456 e. The summed E-state index contributed by atoms with van der Waals surface area (Å²) in [4.78, 5) is 27.6. The molecule has 0 spiro atoms. The monoisotopic (exact) mass is 560 g/mol. The van der Waals surface area contributed by atoms with E-state index < -0.39 is 5.60 Å². The molecule has 1 aliphatic heterocycles. The third-order valence-electron chi connectivity index (χ3n) is 6.83. The molecule has 1 atom stereocenters. The number of carbonyl (C=O) groups is 1. The fourth-order valence-corrected chi connectivity index (χ4v) is 5.27. The summed E-state index contributed by atoms with van der Waals surface area (Å²) in [6.45, 7) is 6.78. The Balaban J connectivity index is 1.31. The molecule has 1 amide bonds. The molecule has 4 aromatic heterocycles. The highest BCUT2D eigenvalue weighted by molar-refractivity contribution is 6.32. The van der Waals surface area contributed by atoms with Crippen LogP contribution in [0.15, 0.2) is 55.4 Å². The van der Waals surface area contributed by atoms with Crippen LogP contribution in [-0.2, 0) is 4.74 Å². The number of amides is 1. The average Bonchev–Trinajstić information content (AvgIpc) is 3.54. The molecule has 12 heteroatoms. The van der Waals surface area contributed by atoms with Gasteiger partial charge in [0.1, 0.15) is 41.2 Å². The number of anilines is 1. The number of fused-ring (bicyclic) bond motifs is 2. The first kappa shape index (κ1) is 25.9. The van der Waals surface area contributed by atoms with Crippen molar-refractivity contribution in [2.24, 2.45) is 0 Å². The molecule has 1 unspecified atom stereocenters. The van der Waals surface area contributed by atoms with Gasteiger partial charge < -0.3 is 24.7 Å². The van der Waals surface area contributed by atoms with E-state index in [0.717, 1.165) is 29.5 Å². The van der Waals surface area contributed by atoms with Crippen molar-refractivity contribution in [3.05, 3.63) is 66.0 Å². The lowest BCUT2D eigenvalue weighted by molar-refractivity contribution is 0.0198. The number of carbonyl (C=O) groups excluding carboxylic acids is 1. The standard InChI is InChI=1S/C28H29ClN8O3/c1-28(2,3)40-27(38)35-9-4-5-17(13-35)20-14-36(26-24(20)25(30)32-15-33-26)18-6-7-22(21(29)11-18)39-19-8-10-37-23(12-19)31-16-34-37/h6-8,10-12,14-17H,4-5,9,13H2,1-3H3,(H2,30,32,33). The molecule has 1 saturated heterocycles. The van der Waals surface area contributed by atoms with E-state index in [9.17, 15) is 4.79 Å². The highest BCUT2D eigenvalue weighted by atomic mass is 35.5. The minimum absolute atomic E-state index is 0.0449. The number of nitrogens with zero attached hydrogens (tertiary/aromatic N) is 7. The van der Waals surface area contributed by atoms with Crippen LogP contribution >= 0.6 is 11.6 Å². The first-order valence-electron chi connectivity index (χ1n) is 13.0. The second-order valence-electron chi connectivity index (χ2n) is 10.8. The molecule has 5 aromatic rings. The lowest BCUT2D eigenvalue weighted by Gasteiger charge is -2.34. The number of nitrogen functional groups attached to an aromatic ring is 1. The number of hydrogen-bond donors (Lipinski definition) is 1. The molecule has 11 nitrogen and oxygen atoms in total. The Morgan fingerprint density at radius 2 is 1.98 bits per heavy atom. The number of hydrogen-bond acceptors (Lipinski definition) is 8. The summed E-state index contributed by atoms with van der Waals surface area (Å²) in [5.74, 6) is 1.53. The van der Waals surface area contributed by atoms with Crippen molar-refractivity contribution in [1.29, 1.82) is 0 Å². The van der Waals surface area contributed by atoms with Crippen LogP contribution < -0.4 is 10.5 Å². The lowest BCUT2D eigenvalue weighted by Crippen LogP contribution is -2.42. The molecule has 1 aliphatic rings. The Kier molecular flexibility index (Phi) is 6.46. The largest absolute Gasteiger partial charge is 0.456 e. The third-order valence-corrected chi connectivity index (χ3v) is 7.12. The van der Waals surface area contributed by atoms with Crippen LogP contribution in [0, 0.1) is 0 Å². The minimum atomic E-state index is -0.559. The van der Waals surface area contributed by atoms with E-state index in [1.807, 2.05) is 49.7 Å². The molecule has 0 bridgehead atoms. The quantitative estimate of drug-likeness (QED) is 0.301. The highest BCUT2D eigenvalue weighted by Gasteiger charge is 2.31. The number of halogens is 1. The Morgan fingerprint density at radius 3 is 2.77 bits per heavy atom. The van der Waals surface area contributed by atoms with Gasteiger partial charge in [-0.15, -0.1) is 0 Å². The van der Waals surface area contributed by atoms with Crippen LogP contribution in [0.4, 0.5) is 10.6 Å². The molecule has 40 heavy (non-hydrogen) atoms. The van der Waals surface area contributed by atoms with E-state index in [1.54, 1.807) is 27.7 Å². The summed E-state index contributed by atoms with van der Waals surface area (Å²) in [7, 11) is 0. The molecular formula is C28H29ClN8O3. The molecule has 0 saturated carbocycles. The van der Waals surface area contributed by atoms with Crippen LogP contribution in [0.1, 0.15) is 45.1 Å². The van der Waals surface area contributed by atoms with Gasteiger partial charge in [-0.25, -0.2) is 24.3 Å². The Morgan fingerprint density at radius 1 is 1.12 bits per heavy atom. The van der Waals surface area contributed by atoms with Crippen molar-refractivity contribution < 1.29 is 14.3 Å². The number of likely N-dealkylation sites (tertiary alicyclic amines) is 1. The first-order chi connectivity index (χ1) is 19.2. The molecule has 206 valence electrons. The molecular weight excluding hydrogens is 532 g/mol. The zero-order chi connectivity index (χ0) is 28.0. The predicted octanol–water partition coefficient (Wildman–Crippen LogP) is 5.61. The number of rotatable bonds is 4. The maximum absolute atomic E-state index is 12.8. The predicted molar refractivity (Wildman–Crippen MR) is 151 cm³/mol. The van der Waals surface area contributed by atoms with Gasteiger partial charge in [-0.3, -0.25) is 0 Å². The van der Waals surface area contributed by atoms with Crippen LogP contribution in [0.3, 0.4) is 0 Å². The van der Waals surface area contributed by atoms with Gasteiger partial charge in [-0.05, 0) is 63.4 Å². The maximum Gasteiger partial charge on any atom is 0.410 e. The van der Waals surface area contributed by atoms with Crippen molar-refractivity contribution in [1.82, 2.24) is 34.0 Å². The van der Waals surface area contributed by atoms with E-state index in [2.05, 4.69) is 20.1 Å². The summed E-state index contributed by atoms with van der Waals surface area (Å²) in [5, 5.41) is 5.30. The van der Waals surface area contributed by atoms with E-state index in [4.69, 9.17) is 26.8 Å². The van der Waals surface area contributed by atoms with Crippen molar-refractivity contribution in [2.45, 2.75) is 45.1 Å². The van der Waals surface area contributed by atoms with Crippen LogP contribution in [0.5, 0.6) is 11.5 Å². The lowest BCUT2D eigenvalue weighted by atomic mass is 9.91. The summed E-state index contributed by atoms with van der Waals surface area (Å²) >= 11 is 6.68. The van der Waals surface area contributed by atoms with Crippen LogP contribution in [-0.4, -0.2) is 58.8 Å². The highest BCUT2D eigenvalue weighted by Crippen LogP contribution is 2.38. The van der Waals surface area contributed by atoms with Gasteiger partial charge in [0.2, 0.25) is 0 Å². The van der Waals surface area contributed by atoms with Crippen LogP contribution in [0.2, 0.25) is 5.02 Å². The van der Waals surface area contributed by atoms with Crippen molar-refractivity contribution in [3.8, 4) is 17.2 Å². The molecule has 0 aliphatic carbocycles. The molecule has 2 N–H and O–H groups in total. The van der Waals surface area contributed by atoms with Gasteiger partial charge >= 0.3 is 6.09 Å². The normalized spacial score (nSPS) is 16.0. The third kappa shape index (κ3) is 5.00. The van der Waals surface area contributed by atoms with Gasteiger partial charge in [0.15, 0.2) is 5.65 Å². The van der Waals surface area contributed by atoms with Gasteiger partial charge in [0, 0.05) is 43.2 Å². The Bertz CT molecular complexity index is 1720. The van der Waals surface area contributed by atoms with Gasteiger partial charge in [-0.1, -0.05) is 11.6 Å². The molecule has 1 aromatic carbocycles. The summed E-state index contributed by atoms with van der Waals surface area (Å²) in [6.07, 6.45) is 8.16. The fourth-order valence-electron chi connectivity index (χ4n) is 5.05. The maximum atomic E-state index is 12.8. The number of nitrogens with two attached hydrogens (primary N) is 1. The Hall–Kier alpha value is -4.38. The number of aromatic nitrogens is 6. The molecule has 1 fully saturated rings. The number of ether oxygens (including phenoxy) is 2.